The van der Waals surface area contributed by atoms with Crippen LogP contribution in [0.4, 0.5) is 0 Å². The number of fused-ring (bicyclic) bond motifs is 1. The Labute approximate surface area is 96.6 Å². The molecule has 1 aromatic rings. The predicted molar refractivity (Wildman–Crippen MR) is 65.4 cm³/mol. The predicted octanol–water partition coefficient (Wildman–Crippen LogP) is 3.68. The molecule has 0 amide bonds. The highest BCUT2D eigenvalue weighted by Crippen LogP contribution is 2.35. The lowest BCUT2D eigenvalue weighted by Crippen LogP contribution is -2.13. The minimum Gasteiger partial charge on any atom is -0.324 e. The average molecular weight is 224 g/mol. The first-order valence-corrected chi connectivity index (χ1v) is 6.03. The van der Waals surface area contributed by atoms with Crippen molar-refractivity contribution in [3.63, 3.8) is 0 Å². The number of aryl methyl sites for hydroxylation is 1. The zero-order valence-electron chi connectivity index (χ0n) is 9.44. The standard InChI is InChI=1S/C13H18ClN/c1-8-7-11(14)9(2)13-10(8)5-3-4-6-12(13)15/h7,12H,3-6,15H2,1-2H3/t12-/m1/s1. The summed E-state index contributed by atoms with van der Waals surface area (Å²) >= 11 is 6.21. The molecule has 82 valence electrons. The van der Waals surface area contributed by atoms with Gasteiger partial charge >= 0.3 is 0 Å². The number of halogens is 1. The largest absolute Gasteiger partial charge is 0.324 e. The average Bonchev–Trinajstić information content (AvgIpc) is 2.37. The highest BCUT2D eigenvalue weighted by Gasteiger charge is 2.20. The van der Waals surface area contributed by atoms with E-state index in [-0.39, 0.29) is 6.04 Å². The summed E-state index contributed by atoms with van der Waals surface area (Å²) < 4.78 is 0. The fraction of sp³-hybridized carbons (Fsp3) is 0.538. The van der Waals surface area contributed by atoms with E-state index in [9.17, 15) is 0 Å². The van der Waals surface area contributed by atoms with Gasteiger partial charge < -0.3 is 5.73 Å². The molecule has 0 radical (unpaired) electrons. The molecular weight excluding hydrogens is 206 g/mol. The molecule has 2 N–H and O–H groups in total. The van der Waals surface area contributed by atoms with Crippen LogP contribution < -0.4 is 5.73 Å². The van der Waals surface area contributed by atoms with Gasteiger partial charge in [-0.25, -0.2) is 0 Å². The van der Waals surface area contributed by atoms with Crippen molar-refractivity contribution >= 4 is 11.6 Å². The highest BCUT2D eigenvalue weighted by molar-refractivity contribution is 6.31. The van der Waals surface area contributed by atoms with Gasteiger partial charge in [0.15, 0.2) is 0 Å². The Balaban J connectivity index is 2.63. The molecule has 1 aliphatic rings. The van der Waals surface area contributed by atoms with Crippen LogP contribution in [0, 0.1) is 13.8 Å². The van der Waals surface area contributed by atoms with Gasteiger partial charge in [0.05, 0.1) is 0 Å². The van der Waals surface area contributed by atoms with Gasteiger partial charge in [-0.15, -0.1) is 0 Å². The van der Waals surface area contributed by atoms with Gasteiger partial charge in [0, 0.05) is 11.1 Å². The van der Waals surface area contributed by atoms with Crippen molar-refractivity contribution in [1.29, 1.82) is 0 Å². The third kappa shape index (κ3) is 1.91. The number of rotatable bonds is 0. The monoisotopic (exact) mass is 223 g/mol. The Morgan fingerprint density at radius 2 is 2.07 bits per heavy atom. The Hall–Kier alpha value is -0.530. The molecule has 1 atom stereocenters. The van der Waals surface area contributed by atoms with Crippen LogP contribution in [0.25, 0.3) is 0 Å². The van der Waals surface area contributed by atoms with Crippen LogP contribution in [0.3, 0.4) is 0 Å². The van der Waals surface area contributed by atoms with Crippen LogP contribution in [0.2, 0.25) is 5.02 Å². The maximum absolute atomic E-state index is 6.23. The minimum absolute atomic E-state index is 0.180. The molecule has 0 saturated carbocycles. The third-order valence-corrected chi connectivity index (χ3v) is 3.86. The Bertz CT molecular complexity index is 385. The topological polar surface area (TPSA) is 26.0 Å². The summed E-state index contributed by atoms with van der Waals surface area (Å²) in [6.45, 7) is 4.23. The van der Waals surface area contributed by atoms with E-state index in [2.05, 4.69) is 19.9 Å². The summed E-state index contributed by atoms with van der Waals surface area (Å²) in [5.41, 5.74) is 11.5. The fourth-order valence-corrected chi connectivity index (χ4v) is 2.86. The van der Waals surface area contributed by atoms with Gasteiger partial charge in [-0.1, -0.05) is 18.0 Å². The van der Waals surface area contributed by atoms with E-state index in [4.69, 9.17) is 17.3 Å². The molecule has 1 aromatic carbocycles. The molecule has 2 rings (SSSR count). The van der Waals surface area contributed by atoms with Gasteiger partial charge in [-0.05, 0) is 61.4 Å². The smallest absolute Gasteiger partial charge is 0.0441 e. The first-order valence-electron chi connectivity index (χ1n) is 5.65. The van der Waals surface area contributed by atoms with Gasteiger partial charge in [-0.3, -0.25) is 0 Å². The van der Waals surface area contributed by atoms with Crippen LogP contribution in [0.1, 0.15) is 47.6 Å². The van der Waals surface area contributed by atoms with E-state index in [1.807, 2.05) is 0 Å². The SMILES string of the molecule is Cc1cc(Cl)c(C)c2c1CCCC[C@H]2N. The summed E-state index contributed by atoms with van der Waals surface area (Å²) in [4.78, 5) is 0. The molecular formula is C13H18ClN. The third-order valence-electron chi connectivity index (χ3n) is 3.47. The maximum Gasteiger partial charge on any atom is 0.0441 e. The molecule has 0 unspecified atom stereocenters. The molecule has 0 bridgehead atoms. The lowest BCUT2D eigenvalue weighted by atomic mass is 9.91. The zero-order chi connectivity index (χ0) is 11.0. The van der Waals surface area contributed by atoms with Crippen molar-refractivity contribution in [2.75, 3.05) is 0 Å². The van der Waals surface area contributed by atoms with Gasteiger partial charge in [-0.2, -0.15) is 0 Å². The molecule has 0 saturated heterocycles. The summed E-state index contributed by atoms with van der Waals surface area (Å²) in [6.07, 6.45) is 4.73. The van der Waals surface area contributed by atoms with E-state index >= 15 is 0 Å². The van der Waals surface area contributed by atoms with Crippen LogP contribution in [-0.4, -0.2) is 0 Å². The fourth-order valence-electron chi connectivity index (χ4n) is 2.60. The molecule has 0 aromatic heterocycles. The molecule has 0 aliphatic heterocycles. The summed E-state index contributed by atoms with van der Waals surface area (Å²) in [5, 5.41) is 0.864. The Kier molecular flexibility index (Phi) is 3.03. The van der Waals surface area contributed by atoms with E-state index in [1.165, 1.54) is 35.1 Å². The summed E-state index contributed by atoms with van der Waals surface area (Å²) in [7, 11) is 0. The Morgan fingerprint density at radius 3 is 2.80 bits per heavy atom. The first kappa shape index (κ1) is 11.0. The van der Waals surface area contributed by atoms with E-state index in [1.54, 1.807) is 0 Å². The molecule has 15 heavy (non-hydrogen) atoms. The quantitative estimate of drug-likeness (QED) is 0.668. The van der Waals surface area contributed by atoms with Crippen molar-refractivity contribution in [2.24, 2.45) is 5.73 Å². The van der Waals surface area contributed by atoms with Crippen molar-refractivity contribution in [3.05, 3.63) is 33.3 Å². The number of benzene rings is 1. The summed E-state index contributed by atoms with van der Waals surface area (Å²) in [5.74, 6) is 0. The second kappa shape index (κ2) is 4.15. The summed E-state index contributed by atoms with van der Waals surface area (Å²) in [6, 6.07) is 2.26. The van der Waals surface area contributed by atoms with Gasteiger partial charge in [0.2, 0.25) is 0 Å². The van der Waals surface area contributed by atoms with E-state index < -0.39 is 0 Å². The second-order valence-electron chi connectivity index (χ2n) is 4.54. The minimum atomic E-state index is 0.180. The normalized spacial score (nSPS) is 20.9. The highest BCUT2D eigenvalue weighted by atomic mass is 35.5. The molecule has 1 nitrogen and oxygen atoms in total. The van der Waals surface area contributed by atoms with Crippen LogP contribution >= 0.6 is 11.6 Å². The number of hydrogen-bond acceptors (Lipinski definition) is 1. The zero-order valence-corrected chi connectivity index (χ0v) is 10.2. The van der Waals surface area contributed by atoms with E-state index in [0.29, 0.717) is 0 Å². The van der Waals surface area contributed by atoms with E-state index in [0.717, 1.165) is 17.9 Å². The van der Waals surface area contributed by atoms with Gasteiger partial charge in [0.1, 0.15) is 0 Å². The number of hydrogen-bond donors (Lipinski definition) is 1. The first-order chi connectivity index (χ1) is 7.11. The molecule has 0 heterocycles. The molecule has 0 fully saturated rings. The Morgan fingerprint density at radius 1 is 1.33 bits per heavy atom. The van der Waals surface area contributed by atoms with Crippen molar-refractivity contribution < 1.29 is 0 Å². The number of nitrogens with two attached hydrogens (primary N) is 1. The second-order valence-corrected chi connectivity index (χ2v) is 4.95. The lowest BCUT2D eigenvalue weighted by molar-refractivity contribution is 0.613. The van der Waals surface area contributed by atoms with Crippen LogP contribution in [-0.2, 0) is 6.42 Å². The van der Waals surface area contributed by atoms with Gasteiger partial charge in [0.25, 0.3) is 0 Å². The molecule has 2 heteroatoms. The molecule has 1 aliphatic carbocycles. The van der Waals surface area contributed by atoms with Crippen molar-refractivity contribution in [2.45, 2.75) is 45.6 Å². The maximum atomic E-state index is 6.23. The van der Waals surface area contributed by atoms with Crippen LogP contribution in [0.5, 0.6) is 0 Å². The van der Waals surface area contributed by atoms with Crippen LogP contribution in [0.15, 0.2) is 6.07 Å². The van der Waals surface area contributed by atoms with Crippen molar-refractivity contribution in [3.8, 4) is 0 Å². The van der Waals surface area contributed by atoms with Crippen molar-refractivity contribution in [1.82, 2.24) is 0 Å². The molecule has 0 spiro atoms. The lowest BCUT2D eigenvalue weighted by Gasteiger charge is -2.19.